The van der Waals surface area contributed by atoms with Gasteiger partial charge in [-0.25, -0.2) is 4.99 Å². The smallest absolute Gasteiger partial charge is 0.175 e. The van der Waals surface area contributed by atoms with Gasteiger partial charge in [-0.3, -0.25) is 4.99 Å². The topological polar surface area (TPSA) is 24.7 Å². The van der Waals surface area contributed by atoms with Crippen molar-refractivity contribution in [1.29, 1.82) is 0 Å². The minimum absolute atomic E-state index is 0.562. The fraction of sp³-hybridized carbons (Fsp3) is 0.200. The van der Waals surface area contributed by atoms with E-state index in [9.17, 15) is 0 Å². The van der Waals surface area contributed by atoms with Crippen LogP contribution in [0.5, 0.6) is 0 Å². The second-order valence-corrected chi connectivity index (χ2v) is 9.53. The van der Waals surface area contributed by atoms with Crippen molar-refractivity contribution in [2.24, 2.45) is 9.98 Å². The number of nitrogens with zero attached hydrogens (tertiary/aromatic N) is 2. The van der Waals surface area contributed by atoms with Crippen LogP contribution in [0.25, 0.3) is 0 Å². The fourth-order valence-electron chi connectivity index (χ4n) is 0.957. The second-order valence-electron chi connectivity index (χ2n) is 2.77. The highest BCUT2D eigenvalue weighted by Crippen LogP contribution is 2.40. The average molecular weight is 397 g/mol. The molecule has 0 bridgehead atoms. The summed E-state index contributed by atoms with van der Waals surface area (Å²) >= 11 is 10.1. The van der Waals surface area contributed by atoms with Crippen LogP contribution in [0.15, 0.2) is 46.6 Å². The number of hydrogen-bond donors (Lipinski definition) is 0. The first-order chi connectivity index (χ1) is 6.95. The summed E-state index contributed by atoms with van der Waals surface area (Å²) in [5.74, 6) is 0. The molecule has 0 saturated heterocycles. The van der Waals surface area contributed by atoms with Gasteiger partial charge in [0.1, 0.15) is 0 Å². The zero-order valence-electron chi connectivity index (χ0n) is 8.04. The van der Waals surface area contributed by atoms with E-state index >= 15 is 0 Å². The molecule has 0 heterocycles. The highest BCUT2D eigenvalue weighted by Gasteiger charge is 2.22. The molecule has 0 fully saturated rings. The number of allylic oxidation sites excluding steroid dienone is 5. The number of rotatable bonds is 1. The molecular weight excluding hydrogens is 388 g/mol. The van der Waals surface area contributed by atoms with Crippen LogP contribution in [-0.2, 0) is 0 Å². The molecule has 0 aliphatic heterocycles. The molecule has 15 heavy (non-hydrogen) atoms. The lowest BCUT2D eigenvalue weighted by Gasteiger charge is -2.13. The van der Waals surface area contributed by atoms with Crippen molar-refractivity contribution in [1.82, 2.24) is 0 Å². The minimum Gasteiger partial charge on any atom is -0.286 e. The van der Waals surface area contributed by atoms with Gasteiger partial charge >= 0.3 is 0 Å². The average Bonchev–Trinajstić information content (AvgIpc) is 2.17. The van der Waals surface area contributed by atoms with Gasteiger partial charge in [-0.2, -0.15) is 0 Å². The quantitative estimate of drug-likeness (QED) is 0.473. The maximum Gasteiger partial charge on any atom is 0.175 e. The highest BCUT2D eigenvalue weighted by molar-refractivity contribution is 9.39. The van der Waals surface area contributed by atoms with E-state index < -0.39 is 2.14 Å². The lowest BCUT2D eigenvalue weighted by Crippen LogP contribution is -2.13. The standard InChI is InChI=1S/C10H9Br3N2/c1-7(10(11,12)13)15-9-6-4-3-5-8(9)14-2/h3-6H,1H2,2H3. The number of halogens is 3. The molecule has 1 aliphatic rings. The monoisotopic (exact) mass is 394 g/mol. The Labute approximate surface area is 114 Å². The molecule has 2 nitrogen and oxygen atoms in total. The van der Waals surface area contributed by atoms with Crippen LogP contribution in [0.3, 0.4) is 0 Å². The Bertz CT molecular complexity index is 384. The normalized spacial score (nSPS) is 21.3. The summed E-state index contributed by atoms with van der Waals surface area (Å²) in [7, 11) is 1.74. The number of aliphatic imine (C=N–C) groups is 2. The molecule has 0 aromatic rings. The van der Waals surface area contributed by atoms with E-state index in [4.69, 9.17) is 0 Å². The third kappa shape index (κ3) is 3.81. The van der Waals surface area contributed by atoms with Gasteiger partial charge in [-0.05, 0) is 12.2 Å². The van der Waals surface area contributed by atoms with E-state index in [0.717, 1.165) is 11.4 Å². The molecule has 0 spiro atoms. The van der Waals surface area contributed by atoms with Gasteiger partial charge < -0.3 is 0 Å². The third-order valence-electron chi connectivity index (χ3n) is 1.71. The maximum absolute atomic E-state index is 4.37. The fourth-order valence-corrected chi connectivity index (χ4v) is 1.22. The zero-order chi connectivity index (χ0) is 11.5. The van der Waals surface area contributed by atoms with E-state index in [1.807, 2.05) is 24.3 Å². The van der Waals surface area contributed by atoms with E-state index in [2.05, 4.69) is 64.4 Å². The number of alkyl halides is 3. The van der Waals surface area contributed by atoms with Gasteiger partial charge in [0.05, 0.1) is 17.1 Å². The Balaban J connectivity index is 2.98. The molecule has 0 aromatic heterocycles. The summed E-state index contributed by atoms with van der Waals surface area (Å²) in [5, 5.41) is 0. The van der Waals surface area contributed by atoms with Crippen LogP contribution in [0.4, 0.5) is 0 Å². The first-order valence-corrected chi connectivity index (χ1v) is 6.49. The van der Waals surface area contributed by atoms with Crippen molar-refractivity contribution in [3.05, 3.63) is 36.6 Å². The van der Waals surface area contributed by atoms with Crippen LogP contribution in [-0.4, -0.2) is 20.6 Å². The summed E-state index contributed by atoms with van der Waals surface area (Å²) in [6.45, 7) is 3.85. The molecular formula is C10H9Br3N2. The van der Waals surface area contributed by atoms with E-state index in [0.29, 0.717) is 5.70 Å². The van der Waals surface area contributed by atoms with Crippen molar-refractivity contribution in [2.45, 2.75) is 2.14 Å². The molecule has 0 N–H and O–H groups in total. The molecule has 5 heteroatoms. The van der Waals surface area contributed by atoms with E-state index in [1.165, 1.54) is 0 Å². The lowest BCUT2D eigenvalue weighted by atomic mass is 10.1. The van der Waals surface area contributed by atoms with Crippen LogP contribution in [0.2, 0.25) is 0 Å². The molecule has 80 valence electrons. The van der Waals surface area contributed by atoms with Gasteiger partial charge in [0.25, 0.3) is 0 Å². The second kappa shape index (κ2) is 5.37. The van der Waals surface area contributed by atoms with Crippen LogP contribution in [0, 0.1) is 0 Å². The summed E-state index contributed by atoms with van der Waals surface area (Å²) in [6, 6.07) is 0. The largest absolute Gasteiger partial charge is 0.286 e. The number of hydrogen-bond acceptors (Lipinski definition) is 2. The molecule has 0 unspecified atom stereocenters. The van der Waals surface area contributed by atoms with E-state index in [1.54, 1.807) is 7.05 Å². The van der Waals surface area contributed by atoms with Gasteiger partial charge in [0.2, 0.25) is 0 Å². The highest BCUT2D eigenvalue weighted by atomic mass is 80.0. The maximum atomic E-state index is 4.37. The lowest BCUT2D eigenvalue weighted by molar-refractivity contribution is 1.29. The third-order valence-corrected chi connectivity index (χ3v) is 3.08. The van der Waals surface area contributed by atoms with Crippen molar-refractivity contribution in [2.75, 3.05) is 7.05 Å². The minimum atomic E-state index is -0.562. The summed E-state index contributed by atoms with van der Waals surface area (Å²) in [6.07, 6.45) is 7.64. The zero-order valence-corrected chi connectivity index (χ0v) is 12.8. The summed E-state index contributed by atoms with van der Waals surface area (Å²) < 4.78 is -0.562. The van der Waals surface area contributed by atoms with Crippen molar-refractivity contribution >= 4 is 59.2 Å². The van der Waals surface area contributed by atoms with Gasteiger partial charge in [-0.1, -0.05) is 66.5 Å². The van der Waals surface area contributed by atoms with Crippen LogP contribution >= 0.6 is 47.8 Å². The van der Waals surface area contributed by atoms with Crippen LogP contribution < -0.4 is 0 Å². The molecule has 0 aromatic carbocycles. The molecule has 1 rings (SSSR count). The predicted octanol–water partition coefficient (Wildman–Crippen LogP) is 3.98. The van der Waals surface area contributed by atoms with E-state index in [-0.39, 0.29) is 0 Å². The molecule has 0 saturated carbocycles. The first kappa shape index (κ1) is 13.1. The molecule has 1 aliphatic carbocycles. The van der Waals surface area contributed by atoms with Crippen molar-refractivity contribution in [3.63, 3.8) is 0 Å². The van der Waals surface area contributed by atoms with Crippen molar-refractivity contribution < 1.29 is 0 Å². The Hall–Kier alpha value is -0.000000000000000222. The first-order valence-electron chi connectivity index (χ1n) is 4.12. The Morgan fingerprint density at radius 1 is 1.20 bits per heavy atom. The van der Waals surface area contributed by atoms with Crippen LogP contribution in [0.1, 0.15) is 0 Å². The van der Waals surface area contributed by atoms with Gasteiger partial charge in [0, 0.05) is 7.05 Å². The SMILES string of the molecule is C=C(N=C1C=CC=CC1=NC)C(Br)(Br)Br. The summed E-state index contributed by atoms with van der Waals surface area (Å²) in [5.41, 5.74) is 2.27. The Morgan fingerprint density at radius 3 is 2.20 bits per heavy atom. The van der Waals surface area contributed by atoms with Gasteiger partial charge in [-0.15, -0.1) is 0 Å². The van der Waals surface area contributed by atoms with Crippen molar-refractivity contribution in [3.8, 4) is 0 Å². The molecule has 0 atom stereocenters. The Kier molecular flexibility index (Phi) is 4.67. The molecule has 0 amide bonds. The predicted molar refractivity (Wildman–Crippen MR) is 77.7 cm³/mol. The van der Waals surface area contributed by atoms with Gasteiger partial charge in [0.15, 0.2) is 2.14 Å². The summed E-state index contributed by atoms with van der Waals surface area (Å²) in [4.78, 5) is 8.50. The molecule has 0 radical (unpaired) electrons. The Morgan fingerprint density at radius 2 is 1.73 bits per heavy atom.